The summed E-state index contributed by atoms with van der Waals surface area (Å²) in [4.78, 5) is 23.3. The predicted octanol–water partition coefficient (Wildman–Crippen LogP) is 4.72. The molecule has 0 atom stereocenters. The summed E-state index contributed by atoms with van der Waals surface area (Å²) < 4.78 is 10.4. The van der Waals surface area contributed by atoms with Crippen LogP contribution in [0.25, 0.3) is 0 Å². The Kier molecular flexibility index (Phi) is 10.6. The number of hydrogen-bond donors (Lipinski definition) is 0. The van der Waals surface area contributed by atoms with E-state index < -0.39 is 0 Å². The summed E-state index contributed by atoms with van der Waals surface area (Å²) in [6.07, 6.45) is 6.66. The molecule has 4 heteroatoms. The van der Waals surface area contributed by atoms with Gasteiger partial charge < -0.3 is 9.47 Å². The zero-order valence-corrected chi connectivity index (χ0v) is 15.0. The molecular formula is C20H30O4. The fourth-order valence-electron chi connectivity index (χ4n) is 2.34. The molecule has 24 heavy (non-hydrogen) atoms. The minimum absolute atomic E-state index is 0.225. The van der Waals surface area contributed by atoms with Gasteiger partial charge in [0.25, 0.3) is 0 Å². The first-order valence-electron chi connectivity index (χ1n) is 8.99. The fraction of sp³-hybridized carbons (Fsp3) is 0.600. The van der Waals surface area contributed by atoms with E-state index in [4.69, 9.17) is 9.47 Å². The van der Waals surface area contributed by atoms with E-state index in [1.165, 1.54) is 19.3 Å². The minimum atomic E-state index is -0.273. The van der Waals surface area contributed by atoms with Crippen molar-refractivity contribution >= 4 is 11.9 Å². The van der Waals surface area contributed by atoms with E-state index in [-0.39, 0.29) is 31.4 Å². The van der Waals surface area contributed by atoms with Gasteiger partial charge in [-0.2, -0.15) is 0 Å². The number of hydrogen-bond acceptors (Lipinski definition) is 4. The van der Waals surface area contributed by atoms with Crippen LogP contribution in [-0.4, -0.2) is 18.5 Å². The number of ether oxygens (including phenoxy) is 2. The minimum Gasteiger partial charge on any atom is -0.466 e. The molecule has 0 amide bonds. The number of esters is 2. The van der Waals surface area contributed by atoms with E-state index in [2.05, 4.69) is 6.92 Å². The molecule has 0 spiro atoms. The molecule has 1 aromatic rings. The highest BCUT2D eigenvalue weighted by molar-refractivity contribution is 5.72. The molecule has 0 aromatic heterocycles. The van der Waals surface area contributed by atoms with Gasteiger partial charge in [0, 0.05) is 12.8 Å². The Hall–Kier alpha value is -1.84. The molecule has 0 unspecified atom stereocenters. The SMILES string of the molecule is CCCCCCCOC(=O)CCCC(=O)OCc1ccccc1C. The van der Waals surface area contributed by atoms with Crippen LogP contribution in [0.3, 0.4) is 0 Å². The number of unbranched alkanes of at least 4 members (excludes halogenated alkanes) is 4. The maximum atomic E-state index is 11.7. The Morgan fingerprint density at radius 3 is 2.25 bits per heavy atom. The molecule has 0 bridgehead atoms. The normalized spacial score (nSPS) is 10.4. The number of carbonyl (C=O) groups is 2. The van der Waals surface area contributed by atoms with E-state index in [9.17, 15) is 9.59 Å². The first-order chi connectivity index (χ1) is 11.6. The summed E-state index contributed by atoms with van der Waals surface area (Å²) >= 11 is 0. The van der Waals surface area contributed by atoms with E-state index in [1.807, 2.05) is 31.2 Å². The van der Waals surface area contributed by atoms with Gasteiger partial charge in [-0.1, -0.05) is 56.9 Å². The summed E-state index contributed by atoms with van der Waals surface area (Å²) in [7, 11) is 0. The van der Waals surface area contributed by atoms with E-state index in [0.717, 1.165) is 24.0 Å². The standard InChI is InChI=1S/C20H30O4/c1-3-4-5-6-9-15-23-19(21)13-10-14-20(22)24-16-18-12-8-7-11-17(18)2/h7-8,11-12H,3-6,9-10,13-16H2,1-2H3. The summed E-state index contributed by atoms with van der Waals surface area (Å²) in [5.41, 5.74) is 2.11. The van der Waals surface area contributed by atoms with Crippen LogP contribution in [0.5, 0.6) is 0 Å². The van der Waals surface area contributed by atoms with Gasteiger partial charge in [0.15, 0.2) is 0 Å². The summed E-state index contributed by atoms with van der Waals surface area (Å²) in [6, 6.07) is 7.81. The molecular weight excluding hydrogens is 304 g/mol. The van der Waals surface area contributed by atoms with Gasteiger partial charge in [0.1, 0.15) is 6.61 Å². The molecule has 0 fully saturated rings. The molecule has 1 rings (SSSR count). The van der Waals surface area contributed by atoms with E-state index in [0.29, 0.717) is 13.0 Å². The fourth-order valence-corrected chi connectivity index (χ4v) is 2.34. The Morgan fingerprint density at radius 2 is 1.54 bits per heavy atom. The van der Waals surface area contributed by atoms with E-state index >= 15 is 0 Å². The number of aryl methyl sites for hydroxylation is 1. The van der Waals surface area contributed by atoms with Crippen LogP contribution < -0.4 is 0 Å². The molecule has 0 saturated heterocycles. The zero-order chi connectivity index (χ0) is 17.6. The Balaban J connectivity index is 2.04. The quantitative estimate of drug-likeness (QED) is 0.410. The van der Waals surface area contributed by atoms with Crippen LogP contribution in [0.2, 0.25) is 0 Å². The molecule has 0 N–H and O–H groups in total. The first kappa shape index (κ1) is 20.2. The second kappa shape index (κ2) is 12.6. The van der Waals surface area contributed by atoms with Crippen molar-refractivity contribution in [1.29, 1.82) is 0 Å². The third kappa shape index (κ3) is 9.33. The smallest absolute Gasteiger partial charge is 0.306 e. The second-order valence-electron chi connectivity index (χ2n) is 6.08. The van der Waals surface area contributed by atoms with Gasteiger partial charge in [0.05, 0.1) is 6.61 Å². The topological polar surface area (TPSA) is 52.6 Å². The average Bonchev–Trinajstić information content (AvgIpc) is 2.57. The van der Waals surface area contributed by atoms with Crippen LogP contribution in [0.4, 0.5) is 0 Å². The van der Waals surface area contributed by atoms with E-state index in [1.54, 1.807) is 0 Å². The molecule has 0 aliphatic carbocycles. The van der Waals surface area contributed by atoms with Crippen molar-refractivity contribution in [2.75, 3.05) is 6.61 Å². The molecule has 0 aliphatic heterocycles. The predicted molar refractivity (Wildman–Crippen MR) is 94.5 cm³/mol. The van der Waals surface area contributed by atoms with Crippen LogP contribution in [0, 0.1) is 6.92 Å². The highest BCUT2D eigenvalue weighted by Crippen LogP contribution is 2.10. The van der Waals surface area contributed by atoms with Gasteiger partial charge in [-0.3, -0.25) is 9.59 Å². The summed E-state index contributed by atoms with van der Waals surface area (Å²) in [5, 5.41) is 0. The van der Waals surface area contributed by atoms with Crippen molar-refractivity contribution in [3.8, 4) is 0 Å². The molecule has 1 aromatic carbocycles. The Morgan fingerprint density at radius 1 is 0.875 bits per heavy atom. The van der Waals surface area contributed by atoms with Gasteiger partial charge in [0.2, 0.25) is 0 Å². The van der Waals surface area contributed by atoms with Gasteiger partial charge in [-0.15, -0.1) is 0 Å². The van der Waals surface area contributed by atoms with Crippen LogP contribution >= 0.6 is 0 Å². The van der Waals surface area contributed by atoms with Gasteiger partial charge in [-0.25, -0.2) is 0 Å². The lowest BCUT2D eigenvalue weighted by Crippen LogP contribution is -2.09. The first-order valence-corrected chi connectivity index (χ1v) is 8.99. The molecule has 0 saturated carbocycles. The van der Waals surface area contributed by atoms with Crippen molar-refractivity contribution in [2.24, 2.45) is 0 Å². The van der Waals surface area contributed by atoms with Crippen LogP contribution in [0.1, 0.15) is 69.4 Å². The van der Waals surface area contributed by atoms with Gasteiger partial charge >= 0.3 is 11.9 Å². The van der Waals surface area contributed by atoms with Gasteiger partial charge in [-0.05, 0) is 30.9 Å². The van der Waals surface area contributed by atoms with Crippen LogP contribution in [0.15, 0.2) is 24.3 Å². The summed E-state index contributed by atoms with van der Waals surface area (Å²) in [6.45, 7) is 4.93. The molecule has 0 heterocycles. The van der Waals surface area contributed by atoms with Crippen LogP contribution in [-0.2, 0) is 25.7 Å². The lowest BCUT2D eigenvalue weighted by Gasteiger charge is -2.07. The Labute approximate surface area is 145 Å². The average molecular weight is 334 g/mol. The van der Waals surface area contributed by atoms with Crippen molar-refractivity contribution in [2.45, 2.75) is 71.8 Å². The molecule has 4 nitrogen and oxygen atoms in total. The molecule has 134 valence electrons. The monoisotopic (exact) mass is 334 g/mol. The second-order valence-corrected chi connectivity index (χ2v) is 6.08. The maximum Gasteiger partial charge on any atom is 0.306 e. The Bertz CT molecular complexity index is 496. The highest BCUT2D eigenvalue weighted by Gasteiger charge is 2.08. The van der Waals surface area contributed by atoms with Crippen molar-refractivity contribution in [3.63, 3.8) is 0 Å². The number of carbonyl (C=O) groups excluding carboxylic acids is 2. The third-order valence-corrected chi connectivity index (χ3v) is 3.92. The lowest BCUT2D eigenvalue weighted by molar-refractivity contribution is -0.146. The van der Waals surface area contributed by atoms with Crippen molar-refractivity contribution in [3.05, 3.63) is 35.4 Å². The molecule has 0 radical (unpaired) electrons. The number of rotatable bonds is 12. The van der Waals surface area contributed by atoms with Crippen molar-refractivity contribution in [1.82, 2.24) is 0 Å². The largest absolute Gasteiger partial charge is 0.466 e. The lowest BCUT2D eigenvalue weighted by atomic mass is 10.1. The number of benzene rings is 1. The third-order valence-electron chi connectivity index (χ3n) is 3.92. The summed E-state index contributed by atoms with van der Waals surface area (Å²) in [5.74, 6) is -0.497. The molecule has 0 aliphatic rings. The highest BCUT2D eigenvalue weighted by atomic mass is 16.5. The van der Waals surface area contributed by atoms with Crippen molar-refractivity contribution < 1.29 is 19.1 Å². The zero-order valence-electron chi connectivity index (χ0n) is 15.0. The maximum absolute atomic E-state index is 11.7.